The monoisotopic (exact) mass is 233 g/mol. The third-order valence-electron chi connectivity index (χ3n) is 2.33. The van der Waals surface area contributed by atoms with Gasteiger partial charge in [0.2, 0.25) is 0 Å². The number of rotatable bonds is 2. The molecule has 0 unspecified atom stereocenters. The molecule has 1 aromatic carbocycles. The molecule has 2 rings (SSSR count). The molecular weight excluding hydrogens is 222 g/mol. The van der Waals surface area contributed by atoms with Gasteiger partial charge in [0.25, 0.3) is 0 Å². The number of benzene rings is 1. The third-order valence-corrected chi connectivity index (χ3v) is 2.58. The number of hydrogen-bond donors (Lipinski definition) is 2. The van der Waals surface area contributed by atoms with E-state index in [0.717, 1.165) is 16.8 Å². The minimum atomic E-state index is 0.443. The van der Waals surface area contributed by atoms with Crippen LogP contribution in [-0.4, -0.2) is 4.98 Å². The summed E-state index contributed by atoms with van der Waals surface area (Å²) in [6.45, 7) is 0.443. The van der Waals surface area contributed by atoms with Gasteiger partial charge in [0.05, 0.1) is 11.4 Å². The van der Waals surface area contributed by atoms with Crippen LogP contribution in [-0.2, 0) is 6.54 Å². The second-order valence-corrected chi connectivity index (χ2v) is 3.93. The van der Waals surface area contributed by atoms with E-state index in [1.165, 1.54) is 0 Å². The largest absolute Gasteiger partial charge is 0.397 e. The Morgan fingerprint density at radius 1 is 1.19 bits per heavy atom. The summed E-state index contributed by atoms with van der Waals surface area (Å²) in [6.07, 6.45) is 1.74. The lowest BCUT2D eigenvalue weighted by Crippen LogP contribution is -2.00. The molecule has 16 heavy (non-hydrogen) atoms. The van der Waals surface area contributed by atoms with E-state index in [2.05, 4.69) is 4.98 Å². The van der Waals surface area contributed by atoms with E-state index < -0.39 is 0 Å². The van der Waals surface area contributed by atoms with Crippen molar-refractivity contribution >= 4 is 17.3 Å². The zero-order valence-electron chi connectivity index (χ0n) is 8.65. The lowest BCUT2D eigenvalue weighted by Gasteiger charge is -2.06. The first-order valence-electron chi connectivity index (χ1n) is 4.91. The van der Waals surface area contributed by atoms with Crippen LogP contribution in [0.25, 0.3) is 11.3 Å². The van der Waals surface area contributed by atoms with Gasteiger partial charge in [0, 0.05) is 23.3 Å². The molecule has 0 spiro atoms. The Hall–Kier alpha value is -1.58. The summed E-state index contributed by atoms with van der Waals surface area (Å²) >= 11 is 5.82. The van der Waals surface area contributed by atoms with Gasteiger partial charge in [-0.15, -0.1) is 0 Å². The maximum atomic E-state index is 5.92. The Morgan fingerprint density at radius 3 is 2.44 bits per heavy atom. The van der Waals surface area contributed by atoms with E-state index in [1.807, 2.05) is 30.3 Å². The van der Waals surface area contributed by atoms with Crippen LogP contribution in [0.5, 0.6) is 0 Å². The maximum Gasteiger partial charge on any atom is 0.0931 e. The van der Waals surface area contributed by atoms with E-state index in [-0.39, 0.29) is 0 Å². The Morgan fingerprint density at radius 2 is 1.88 bits per heavy atom. The number of nitrogens with two attached hydrogens (primary N) is 2. The molecule has 1 aromatic heterocycles. The molecule has 0 aliphatic carbocycles. The highest BCUT2D eigenvalue weighted by Crippen LogP contribution is 2.25. The van der Waals surface area contributed by atoms with E-state index in [1.54, 1.807) is 6.20 Å². The quantitative estimate of drug-likeness (QED) is 0.838. The molecule has 82 valence electrons. The smallest absolute Gasteiger partial charge is 0.0931 e. The number of aromatic nitrogens is 1. The van der Waals surface area contributed by atoms with Crippen molar-refractivity contribution in [3.63, 3.8) is 0 Å². The molecule has 4 heteroatoms. The van der Waals surface area contributed by atoms with Crippen LogP contribution in [0.4, 0.5) is 5.69 Å². The Bertz CT molecular complexity index is 494. The molecule has 0 bridgehead atoms. The highest BCUT2D eigenvalue weighted by Gasteiger charge is 2.04. The summed E-state index contributed by atoms with van der Waals surface area (Å²) in [5.74, 6) is 0. The molecule has 3 nitrogen and oxygen atoms in total. The van der Waals surface area contributed by atoms with Gasteiger partial charge in [-0.05, 0) is 23.8 Å². The van der Waals surface area contributed by atoms with E-state index in [0.29, 0.717) is 17.3 Å². The van der Waals surface area contributed by atoms with Gasteiger partial charge in [-0.1, -0.05) is 23.7 Å². The summed E-state index contributed by atoms with van der Waals surface area (Å²) in [7, 11) is 0. The predicted octanol–water partition coefficient (Wildman–Crippen LogP) is 2.44. The molecule has 0 aliphatic heterocycles. The van der Waals surface area contributed by atoms with Gasteiger partial charge in [0.15, 0.2) is 0 Å². The van der Waals surface area contributed by atoms with Crippen LogP contribution in [0.3, 0.4) is 0 Å². The fraction of sp³-hybridized carbons (Fsp3) is 0.0833. The summed E-state index contributed by atoms with van der Waals surface area (Å²) in [4.78, 5) is 4.30. The topological polar surface area (TPSA) is 64.9 Å². The molecule has 0 fully saturated rings. The number of pyridine rings is 1. The Labute approximate surface area is 99.1 Å². The number of anilines is 1. The second-order valence-electron chi connectivity index (χ2n) is 3.49. The number of nitrogen functional groups attached to an aromatic ring is 1. The number of halogens is 1. The molecule has 0 aliphatic rings. The summed E-state index contributed by atoms with van der Waals surface area (Å²) in [5.41, 5.74) is 14.7. The summed E-state index contributed by atoms with van der Waals surface area (Å²) < 4.78 is 0. The van der Waals surface area contributed by atoms with Crippen molar-refractivity contribution < 1.29 is 0 Å². The molecule has 0 saturated heterocycles. The van der Waals surface area contributed by atoms with Crippen LogP contribution in [0.1, 0.15) is 5.56 Å². The van der Waals surface area contributed by atoms with Crippen molar-refractivity contribution in [2.24, 2.45) is 5.73 Å². The van der Waals surface area contributed by atoms with Crippen LogP contribution in [0.2, 0.25) is 5.02 Å². The minimum Gasteiger partial charge on any atom is -0.397 e. The minimum absolute atomic E-state index is 0.443. The fourth-order valence-electron chi connectivity index (χ4n) is 1.49. The second kappa shape index (κ2) is 4.51. The molecule has 0 atom stereocenters. The molecule has 1 heterocycles. The first kappa shape index (κ1) is 10.9. The summed E-state index contributed by atoms with van der Waals surface area (Å²) in [5, 5.41) is 0.695. The third kappa shape index (κ3) is 2.15. The van der Waals surface area contributed by atoms with Crippen molar-refractivity contribution in [3.05, 3.63) is 47.1 Å². The van der Waals surface area contributed by atoms with E-state index in [4.69, 9.17) is 23.1 Å². The van der Waals surface area contributed by atoms with Gasteiger partial charge >= 0.3 is 0 Å². The van der Waals surface area contributed by atoms with E-state index >= 15 is 0 Å². The zero-order chi connectivity index (χ0) is 11.5. The Balaban J connectivity index is 2.44. The average Bonchev–Trinajstić information content (AvgIpc) is 2.30. The lowest BCUT2D eigenvalue weighted by atomic mass is 10.1. The molecular formula is C12H12ClN3. The highest BCUT2D eigenvalue weighted by molar-refractivity contribution is 6.30. The van der Waals surface area contributed by atoms with E-state index in [9.17, 15) is 0 Å². The zero-order valence-corrected chi connectivity index (χ0v) is 9.41. The number of hydrogen-bond acceptors (Lipinski definition) is 3. The van der Waals surface area contributed by atoms with Crippen molar-refractivity contribution in [3.8, 4) is 11.3 Å². The van der Waals surface area contributed by atoms with Crippen molar-refractivity contribution in [1.29, 1.82) is 0 Å². The van der Waals surface area contributed by atoms with Gasteiger partial charge in [0.1, 0.15) is 0 Å². The number of nitrogens with zero attached hydrogens (tertiary/aromatic N) is 1. The van der Waals surface area contributed by atoms with Gasteiger partial charge < -0.3 is 11.5 Å². The van der Waals surface area contributed by atoms with Crippen LogP contribution >= 0.6 is 11.6 Å². The van der Waals surface area contributed by atoms with Gasteiger partial charge in [-0.3, -0.25) is 4.98 Å². The molecule has 0 radical (unpaired) electrons. The van der Waals surface area contributed by atoms with Crippen LogP contribution in [0.15, 0.2) is 36.5 Å². The highest BCUT2D eigenvalue weighted by atomic mass is 35.5. The van der Waals surface area contributed by atoms with Crippen molar-refractivity contribution in [1.82, 2.24) is 4.98 Å². The fourth-order valence-corrected chi connectivity index (χ4v) is 1.61. The van der Waals surface area contributed by atoms with Crippen molar-refractivity contribution in [2.75, 3.05) is 5.73 Å². The molecule has 2 aromatic rings. The van der Waals surface area contributed by atoms with Gasteiger partial charge in [-0.25, -0.2) is 0 Å². The standard InChI is InChI=1S/C12H12ClN3/c13-10-3-1-9(2-4-10)12-11(15)5-8(6-14)7-16-12/h1-5,7H,6,14-15H2. The van der Waals surface area contributed by atoms with Crippen molar-refractivity contribution in [2.45, 2.75) is 6.54 Å². The maximum absolute atomic E-state index is 5.92. The molecule has 0 amide bonds. The first-order valence-corrected chi connectivity index (χ1v) is 5.29. The summed E-state index contributed by atoms with van der Waals surface area (Å²) in [6, 6.07) is 9.26. The average molecular weight is 234 g/mol. The molecule has 0 saturated carbocycles. The Kier molecular flexibility index (Phi) is 3.08. The van der Waals surface area contributed by atoms with Crippen LogP contribution < -0.4 is 11.5 Å². The lowest BCUT2D eigenvalue weighted by molar-refractivity contribution is 1.05. The predicted molar refractivity (Wildman–Crippen MR) is 67.0 cm³/mol. The van der Waals surface area contributed by atoms with Crippen LogP contribution in [0, 0.1) is 0 Å². The SMILES string of the molecule is NCc1cnc(-c2ccc(Cl)cc2)c(N)c1. The molecule has 4 N–H and O–H groups in total. The normalized spacial score (nSPS) is 10.4. The first-order chi connectivity index (χ1) is 7.70. The van der Waals surface area contributed by atoms with Gasteiger partial charge in [-0.2, -0.15) is 0 Å².